The van der Waals surface area contributed by atoms with E-state index in [0.29, 0.717) is 17.0 Å². The van der Waals surface area contributed by atoms with Crippen LogP contribution in [0.4, 0.5) is 13.2 Å². The van der Waals surface area contributed by atoms with Gasteiger partial charge in [-0.2, -0.15) is 13.2 Å². The number of aromatic nitrogens is 1. The first-order chi connectivity index (χ1) is 9.71. The number of amides is 1. The molecule has 21 heavy (non-hydrogen) atoms. The Hall–Kier alpha value is -1.15. The van der Waals surface area contributed by atoms with Crippen LogP contribution < -0.4 is 5.32 Å². The van der Waals surface area contributed by atoms with E-state index in [-0.39, 0.29) is 25.8 Å². The second-order valence-corrected chi connectivity index (χ2v) is 6.36. The third kappa shape index (κ3) is 3.94. The molecule has 1 aromatic heterocycles. The van der Waals surface area contributed by atoms with E-state index in [9.17, 15) is 23.1 Å². The maximum absolute atomic E-state index is 12.8. The Morgan fingerprint density at radius 2 is 2.33 bits per heavy atom. The monoisotopic (exact) mass is 322 g/mol. The van der Waals surface area contributed by atoms with Gasteiger partial charge in [-0.3, -0.25) is 4.79 Å². The Kier molecular flexibility index (Phi) is 4.57. The van der Waals surface area contributed by atoms with Crippen LogP contribution in [0.15, 0.2) is 5.51 Å². The summed E-state index contributed by atoms with van der Waals surface area (Å²) in [5, 5.41) is 12.8. The summed E-state index contributed by atoms with van der Waals surface area (Å²) in [7, 11) is 0. The lowest BCUT2D eigenvalue weighted by molar-refractivity contribution is -0.199. The molecule has 4 nitrogen and oxygen atoms in total. The van der Waals surface area contributed by atoms with Gasteiger partial charge in [0.25, 0.3) is 5.91 Å². The normalized spacial score (nSPS) is 26.6. The van der Waals surface area contributed by atoms with E-state index in [4.69, 9.17) is 0 Å². The zero-order chi connectivity index (χ0) is 15.7. The van der Waals surface area contributed by atoms with Crippen molar-refractivity contribution < 1.29 is 23.1 Å². The fraction of sp³-hybridized carbons (Fsp3) is 0.692. The first kappa shape index (κ1) is 16.2. The van der Waals surface area contributed by atoms with Gasteiger partial charge in [-0.25, -0.2) is 4.98 Å². The summed E-state index contributed by atoms with van der Waals surface area (Å²) in [4.78, 5) is 16.3. The average molecular weight is 322 g/mol. The summed E-state index contributed by atoms with van der Waals surface area (Å²) in [6.07, 6.45) is -4.06. The number of aliphatic hydroxyl groups is 1. The summed E-state index contributed by atoms with van der Waals surface area (Å²) in [5.41, 5.74) is 0.604. The Balaban J connectivity index is 1.95. The van der Waals surface area contributed by atoms with Crippen molar-refractivity contribution in [1.29, 1.82) is 0 Å². The van der Waals surface area contributed by atoms with Crippen LogP contribution in [0.3, 0.4) is 0 Å². The molecule has 118 valence electrons. The predicted molar refractivity (Wildman–Crippen MR) is 72.1 cm³/mol. The van der Waals surface area contributed by atoms with Crippen LogP contribution >= 0.6 is 11.3 Å². The molecule has 8 heteroatoms. The van der Waals surface area contributed by atoms with Crippen molar-refractivity contribution in [3.8, 4) is 0 Å². The summed E-state index contributed by atoms with van der Waals surface area (Å²) in [5.74, 6) is -1.91. The molecule has 0 radical (unpaired) electrons. The molecule has 1 heterocycles. The van der Waals surface area contributed by atoms with Gasteiger partial charge in [0, 0.05) is 6.54 Å². The van der Waals surface area contributed by atoms with Gasteiger partial charge in [-0.15, -0.1) is 11.3 Å². The highest BCUT2D eigenvalue weighted by molar-refractivity contribution is 7.11. The summed E-state index contributed by atoms with van der Waals surface area (Å²) in [6.45, 7) is 1.51. The first-order valence-corrected chi connectivity index (χ1v) is 7.57. The molecule has 0 aliphatic heterocycles. The van der Waals surface area contributed by atoms with Crippen molar-refractivity contribution in [2.75, 3.05) is 6.54 Å². The van der Waals surface area contributed by atoms with Crippen molar-refractivity contribution in [2.45, 2.75) is 44.4 Å². The van der Waals surface area contributed by atoms with Gasteiger partial charge < -0.3 is 10.4 Å². The lowest BCUT2D eigenvalue weighted by atomic mass is 9.77. The molecular weight excluding hydrogens is 305 g/mol. The van der Waals surface area contributed by atoms with E-state index in [1.54, 1.807) is 6.92 Å². The van der Waals surface area contributed by atoms with Crippen molar-refractivity contribution in [3.63, 3.8) is 0 Å². The maximum Gasteiger partial charge on any atom is 0.391 e. The summed E-state index contributed by atoms with van der Waals surface area (Å²) in [6, 6.07) is 0. The van der Waals surface area contributed by atoms with Gasteiger partial charge >= 0.3 is 6.18 Å². The van der Waals surface area contributed by atoms with Crippen LogP contribution in [0.25, 0.3) is 0 Å². The quantitative estimate of drug-likeness (QED) is 0.899. The number of nitrogens with zero attached hydrogens (tertiary/aromatic N) is 1. The highest BCUT2D eigenvalue weighted by Crippen LogP contribution is 2.41. The highest BCUT2D eigenvalue weighted by Gasteiger charge is 2.47. The van der Waals surface area contributed by atoms with Crippen molar-refractivity contribution >= 4 is 17.2 Å². The number of aryl methyl sites for hydroxylation is 1. The lowest BCUT2D eigenvalue weighted by Gasteiger charge is -2.37. The SMILES string of the molecule is Cc1ncsc1C(=O)NC[C@]1(O)CCC[C@H](C(F)(F)F)C1. The lowest BCUT2D eigenvalue weighted by Crippen LogP contribution is -2.48. The number of hydrogen-bond donors (Lipinski definition) is 2. The minimum Gasteiger partial charge on any atom is -0.388 e. The molecule has 1 aromatic rings. The Bertz CT molecular complexity index is 518. The number of alkyl halides is 3. The van der Waals surface area contributed by atoms with Crippen LogP contribution in [-0.4, -0.2) is 34.3 Å². The number of thiazole rings is 1. The smallest absolute Gasteiger partial charge is 0.388 e. The van der Waals surface area contributed by atoms with Gasteiger partial charge in [0.1, 0.15) is 4.88 Å². The van der Waals surface area contributed by atoms with Crippen LogP contribution in [0.5, 0.6) is 0 Å². The third-order valence-corrected chi connectivity index (χ3v) is 4.74. The molecule has 2 rings (SSSR count). The van der Waals surface area contributed by atoms with Gasteiger partial charge in [0.15, 0.2) is 0 Å². The van der Waals surface area contributed by atoms with Gasteiger partial charge in [0.05, 0.1) is 22.7 Å². The van der Waals surface area contributed by atoms with Gasteiger partial charge in [0.2, 0.25) is 0 Å². The molecule has 1 saturated carbocycles. The maximum atomic E-state index is 12.8. The van der Waals surface area contributed by atoms with Crippen LogP contribution in [0, 0.1) is 12.8 Å². The zero-order valence-electron chi connectivity index (χ0n) is 11.5. The molecule has 0 saturated heterocycles. The molecule has 1 aliphatic rings. The second-order valence-electron chi connectivity index (χ2n) is 5.51. The van der Waals surface area contributed by atoms with Crippen molar-refractivity contribution in [3.05, 3.63) is 16.1 Å². The second kappa shape index (κ2) is 5.92. The molecule has 0 spiro atoms. The minimum atomic E-state index is -4.30. The zero-order valence-corrected chi connectivity index (χ0v) is 12.4. The number of nitrogens with one attached hydrogen (secondary N) is 1. The van der Waals surface area contributed by atoms with E-state index in [1.165, 1.54) is 5.51 Å². The molecule has 1 aliphatic carbocycles. The third-order valence-electron chi connectivity index (χ3n) is 3.81. The molecule has 0 unspecified atom stereocenters. The van der Waals surface area contributed by atoms with Crippen molar-refractivity contribution in [1.82, 2.24) is 10.3 Å². The molecule has 1 amide bonds. The van der Waals surface area contributed by atoms with Crippen LogP contribution in [-0.2, 0) is 0 Å². The van der Waals surface area contributed by atoms with E-state index in [1.807, 2.05) is 0 Å². The van der Waals surface area contributed by atoms with E-state index < -0.39 is 23.6 Å². The van der Waals surface area contributed by atoms with Crippen LogP contribution in [0.2, 0.25) is 0 Å². The largest absolute Gasteiger partial charge is 0.391 e. The Labute approximate surface area is 124 Å². The number of halogens is 3. The highest BCUT2D eigenvalue weighted by atomic mass is 32.1. The van der Waals surface area contributed by atoms with Gasteiger partial charge in [-0.1, -0.05) is 0 Å². The molecule has 2 atom stereocenters. The molecular formula is C13H17F3N2O2S. The summed E-state index contributed by atoms with van der Waals surface area (Å²) < 4.78 is 38.3. The summed E-state index contributed by atoms with van der Waals surface area (Å²) >= 11 is 1.16. The Morgan fingerprint density at radius 1 is 1.62 bits per heavy atom. The predicted octanol–water partition coefficient (Wildman–Crippen LogP) is 2.66. The number of carbonyl (C=O) groups excluding carboxylic acids is 1. The number of carbonyl (C=O) groups is 1. The van der Waals surface area contributed by atoms with E-state index >= 15 is 0 Å². The van der Waals surface area contributed by atoms with E-state index in [2.05, 4.69) is 10.3 Å². The van der Waals surface area contributed by atoms with Gasteiger partial charge in [-0.05, 0) is 32.6 Å². The number of rotatable bonds is 3. The van der Waals surface area contributed by atoms with Crippen molar-refractivity contribution in [2.24, 2.45) is 5.92 Å². The standard InChI is InChI=1S/C13H17F3N2O2S/c1-8-10(21-7-18-8)11(19)17-6-12(20)4-2-3-9(5-12)13(14,15)16/h7,9,20H,2-6H2,1H3,(H,17,19)/t9-,12-/m0/s1. The topological polar surface area (TPSA) is 62.2 Å². The minimum absolute atomic E-state index is 0.0354. The van der Waals surface area contributed by atoms with Crippen LogP contribution in [0.1, 0.15) is 41.0 Å². The molecule has 1 fully saturated rings. The molecule has 0 aromatic carbocycles. The molecule has 2 N–H and O–H groups in total. The average Bonchev–Trinajstić information content (AvgIpc) is 2.81. The Morgan fingerprint density at radius 3 is 2.90 bits per heavy atom. The van der Waals surface area contributed by atoms with E-state index in [0.717, 1.165) is 11.3 Å². The first-order valence-electron chi connectivity index (χ1n) is 6.69. The fourth-order valence-electron chi connectivity index (χ4n) is 2.63. The molecule has 0 bridgehead atoms. The number of hydrogen-bond acceptors (Lipinski definition) is 4. The fourth-order valence-corrected chi connectivity index (χ4v) is 3.34.